The third-order valence-electron chi connectivity index (χ3n) is 5.74. The maximum atomic E-state index is 11.1. The molecule has 1 heterocycles. The first-order chi connectivity index (χ1) is 21.7. The maximum Gasteiger partial charge on any atom is 0.294 e. The number of rotatable bonds is 6. The molecule has 0 radical (unpaired) electrons. The highest BCUT2D eigenvalue weighted by Crippen LogP contribution is 2.28. The van der Waals surface area contributed by atoms with Crippen molar-refractivity contribution in [3.8, 4) is 6.07 Å². The van der Waals surface area contributed by atoms with Gasteiger partial charge in [0.1, 0.15) is 6.07 Å². The number of para-hydroxylation sites is 1. The number of nitrogens with two attached hydrogens (primary N) is 4. The lowest BCUT2D eigenvalue weighted by Gasteiger charge is -2.13. The van der Waals surface area contributed by atoms with Crippen LogP contribution in [0.4, 0.5) is 45.8 Å². The molecule has 0 aliphatic carbocycles. The van der Waals surface area contributed by atoms with E-state index in [0.29, 0.717) is 11.4 Å². The molecule has 0 aliphatic heterocycles. The van der Waals surface area contributed by atoms with Crippen molar-refractivity contribution in [1.29, 1.82) is 5.26 Å². The summed E-state index contributed by atoms with van der Waals surface area (Å²) < 4.78 is 62.7. The molecule has 238 valence electrons. The van der Waals surface area contributed by atoms with Crippen LogP contribution >= 0.6 is 0 Å². The van der Waals surface area contributed by atoms with Crippen molar-refractivity contribution >= 4 is 66.0 Å². The second kappa shape index (κ2) is 15.2. The molecule has 4 aromatic carbocycles. The first-order valence-electron chi connectivity index (χ1n) is 13.0. The van der Waals surface area contributed by atoms with Crippen molar-refractivity contribution in [2.75, 3.05) is 33.6 Å². The van der Waals surface area contributed by atoms with Gasteiger partial charge in [-0.15, -0.1) is 0 Å². The van der Waals surface area contributed by atoms with Crippen LogP contribution in [0.2, 0.25) is 0 Å². The predicted octanol–water partition coefficient (Wildman–Crippen LogP) is 4.64. The Morgan fingerprint density at radius 3 is 1.33 bits per heavy atom. The number of hydrogen-bond acceptors (Lipinski definition) is 12. The van der Waals surface area contributed by atoms with Crippen LogP contribution in [0.25, 0.3) is 0 Å². The molecule has 0 saturated carbocycles. The highest BCUT2D eigenvalue weighted by Gasteiger charge is 2.14. The zero-order valence-electron chi connectivity index (χ0n) is 23.9. The summed E-state index contributed by atoms with van der Waals surface area (Å²) in [5.41, 5.74) is 25.4. The van der Waals surface area contributed by atoms with Crippen LogP contribution in [0.1, 0.15) is 5.56 Å². The Labute approximate surface area is 265 Å². The van der Waals surface area contributed by atoms with E-state index in [1.165, 1.54) is 54.6 Å². The van der Waals surface area contributed by atoms with Crippen LogP contribution in [0.3, 0.4) is 0 Å². The van der Waals surface area contributed by atoms with Crippen LogP contribution in [-0.4, -0.2) is 30.9 Å². The fourth-order valence-electron chi connectivity index (χ4n) is 3.45. The number of nitrogen functional groups attached to an aromatic ring is 4. The lowest BCUT2D eigenvalue weighted by molar-refractivity contribution is 0.481. The van der Waals surface area contributed by atoms with E-state index in [2.05, 4.69) is 15.6 Å². The van der Waals surface area contributed by atoms with Gasteiger partial charge in [0.05, 0.1) is 21.0 Å². The van der Waals surface area contributed by atoms with Crippen LogP contribution in [0, 0.1) is 11.3 Å². The van der Waals surface area contributed by atoms with Gasteiger partial charge in [0.25, 0.3) is 20.2 Å². The van der Waals surface area contributed by atoms with E-state index in [-0.39, 0.29) is 32.7 Å². The molecular weight excluding hydrogens is 633 g/mol. The summed E-state index contributed by atoms with van der Waals surface area (Å²) in [5.74, 6) is 0.282. The van der Waals surface area contributed by atoms with Gasteiger partial charge in [-0.05, 0) is 91.0 Å². The number of anilines is 8. The van der Waals surface area contributed by atoms with Gasteiger partial charge < -0.3 is 33.6 Å². The smallest absolute Gasteiger partial charge is 0.294 e. The molecule has 5 aromatic rings. The number of nitriles is 1. The van der Waals surface area contributed by atoms with E-state index in [9.17, 15) is 22.1 Å². The second-order valence-electron chi connectivity index (χ2n) is 9.26. The fraction of sp³-hybridized carbons (Fsp3) is 0. The third kappa shape index (κ3) is 10.7. The molecule has 0 unspecified atom stereocenters. The molecule has 5 rings (SSSR count). The molecule has 0 amide bonds. The Bertz CT molecular complexity index is 2000. The van der Waals surface area contributed by atoms with E-state index >= 15 is 0 Å². The van der Waals surface area contributed by atoms with Gasteiger partial charge in [0, 0.05) is 28.4 Å². The van der Waals surface area contributed by atoms with Gasteiger partial charge in [-0.3, -0.25) is 9.11 Å². The molecule has 0 spiro atoms. The van der Waals surface area contributed by atoms with Crippen molar-refractivity contribution in [1.82, 2.24) is 4.98 Å². The summed E-state index contributed by atoms with van der Waals surface area (Å²) in [6, 6.07) is 30.2. The zero-order chi connectivity index (χ0) is 33.9. The van der Waals surface area contributed by atoms with E-state index in [0.717, 1.165) is 17.1 Å². The SMILES string of the molecule is N#Cc1cc(N)c(Nc2ccc(S(=O)(=O)O)cc2)nc1Nc1ccc(S(=O)(=O)O)cc1.Nc1ccc(N)cc1.Nc1ccccc1. The molecule has 1 aromatic heterocycles. The summed E-state index contributed by atoms with van der Waals surface area (Å²) in [4.78, 5) is 3.70. The summed E-state index contributed by atoms with van der Waals surface area (Å²) in [7, 11) is -8.67. The number of pyridine rings is 1. The van der Waals surface area contributed by atoms with Gasteiger partial charge in [-0.2, -0.15) is 22.1 Å². The summed E-state index contributed by atoms with van der Waals surface area (Å²) >= 11 is 0. The Kier molecular flexibility index (Phi) is 11.5. The molecule has 12 N–H and O–H groups in total. The van der Waals surface area contributed by atoms with Gasteiger partial charge in [0.15, 0.2) is 11.6 Å². The van der Waals surface area contributed by atoms with Crippen molar-refractivity contribution in [2.45, 2.75) is 9.79 Å². The lowest BCUT2D eigenvalue weighted by Crippen LogP contribution is -2.05. The minimum atomic E-state index is -4.34. The first kappa shape index (κ1) is 34.6. The van der Waals surface area contributed by atoms with Crippen molar-refractivity contribution in [3.63, 3.8) is 0 Å². The van der Waals surface area contributed by atoms with Crippen molar-refractivity contribution < 1.29 is 25.9 Å². The second-order valence-corrected chi connectivity index (χ2v) is 12.1. The number of hydrogen-bond donors (Lipinski definition) is 8. The number of benzene rings is 4. The molecule has 0 atom stereocenters. The Morgan fingerprint density at radius 2 is 0.978 bits per heavy atom. The first-order valence-corrected chi connectivity index (χ1v) is 15.8. The quantitative estimate of drug-likeness (QED) is 0.0909. The third-order valence-corrected chi connectivity index (χ3v) is 7.47. The Balaban J connectivity index is 0.000000311. The molecular formula is C30H30N8O6S2. The number of aromatic nitrogens is 1. The number of nitrogens with zero attached hydrogens (tertiary/aromatic N) is 2. The van der Waals surface area contributed by atoms with Crippen LogP contribution < -0.4 is 33.6 Å². The van der Waals surface area contributed by atoms with Gasteiger partial charge >= 0.3 is 0 Å². The monoisotopic (exact) mass is 662 g/mol. The van der Waals surface area contributed by atoms with E-state index < -0.39 is 20.2 Å². The van der Waals surface area contributed by atoms with Crippen LogP contribution in [0.5, 0.6) is 0 Å². The Morgan fingerprint density at radius 1 is 0.587 bits per heavy atom. The molecule has 46 heavy (non-hydrogen) atoms. The summed E-state index contributed by atoms with van der Waals surface area (Å²) in [6.07, 6.45) is 0. The lowest BCUT2D eigenvalue weighted by atomic mass is 10.2. The average Bonchev–Trinajstić information content (AvgIpc) is 3.01. The molecule has 0 bridgehead atoms. The Hall–Kier alpha value is -5.86. The topological polar surface area (TPSA) is 274 Å². The van der Waals surface area contributed by atoms with Gasteiger partial charge in [-0.25, -0.2) is 4.98 Å². The maximum absolute atomic E-state index is 11.1. The van der Waals surface area contributed by atoms with Crippen LogP contribution in [-0.2, 0) is 20.2 Å². The minimum Gasteiger partial charge on any atom is -0.399 e. The molecule has 14 nitrogen and oxygen atoms in total. The number of nitrogens with one attached hydrogen (secondary N) is 2. The highest BCUT2D eigenvalue weighted by atomic mass is 32.2. The zero-order valence-corrected chi connectivity index (χ0v) is 25.6. The van der Waals surface area contributed by atoms with E-state index in [1.807, 2.05) is 36.4 Å². The minimum absolute atomic E-state index is 0.114. The summed E-state index contributed by atoms with van der Waals surface area (Å²) in [5, 5.41) is 15.1. The molecule has 0 aliphatic rings. The van der Waals surface area contributed by atoms with Crippen molar-refractivity contribution in [2.24, 2.45) is 0 Å². The average molecular weight is 663 g/mol. The van der Waals surface area contributed by atoms with Crippen molar-refractivity contribution in [3.05, 3.63) is 115 Å². The largest absolute Gasteiger partial charge is 0.399 e. The van der Waals surface area contributed by atoms with E-state index in [1.54, 1.807) is 24.3 Å². The molecule has 0 saturated heterocycles. The van der Waals surface area contributed by atoms with Gasteiger partial charge in [0.2, 0.25) is 0 Å². The predicted molar refractivity (Wildman–Crippen MR) is 179 cm³/mol. The van der Waals surface area contributed by atoms with Crippen LogP contribution in [0.15, 0.2) is 119 Å². The standard InChI is InChI=1S/C18H15N5O6S2.C6H8N2.C6H7N/c19-10-11-9-16(20)18(22-13-3-7-15(8-4-13)31(27,28)29)23-17(11)21-12-1-5-14(6-2-12)30(24,25)26;7-5-1-2-6(8)4-3-5;7-6-4-2-1-3-5-6/h1-9H,20H2,(H2,21,22,23)(H,24,25,26)(H,27,28,29);1-4H,7-8H2;1-5H,7H2. The summed E-state index contributed by atoms with van der Waals surface area (Å²) in [6.45, 7) is 0. The molecule has 16 heteroatoms. The molecule has 0 fully saturated rings. The normalized spacial score (nSPS) is 10.6. The van der Waals surface area contributed by atoms with Gasteiger partial charge in [-0.1, -0.05) is 18.2 Å². The van der Waals surface area contributed by atoms with E-state index in [4.69, 9.17) is 32.0 Å². The fourth-order valence-corrected chi connectivity index (χ4v) is 4.41. The highest BCUT2D eigenvalue weighted by molar-refractivity contribution is 7.86.